The number of carboxylic acids is 1. The lowest BCUT2D eigenvalue weighted by Gasteiger charge is -2.25. The van der Waals surface area contributed by atoms with E-state index in [0.717, 1.165) is 24.6 Å². The highest BCUT2D eigenvalue weighted by atomic mass is 32.1. The number of hydrogen-bond donors (Lipinski definition) is 3. The van der Waals surface area contributed by atoms with Crippen LogP contribution in [-0.2, 0) is 11.3 Å². The summed E-state index contributed by atoms with van der Waals surface area (Å²) >= 11 is 1.58. The minimum absolute atomic E-state index is 0.215. The van der Waals surface area contributed by atoms with Crippen molar-refractivity contribution in [2.45, 2.75) is 38.0 Å². The molecule has 2 rings (SSSR count). The first kappa shape index (κ1) is 14.8. The van der Waals surface area contributed by atoms with Crippen molar-refractivity contribution in [2.75, 3.05) is 6.54 Å². The number of rotatable bonds is 6. The first-order chi connectivity index (χ1) is 9.40. The molecule has 1 aromatic rings. The zero-order valence-electron chi connectivity index (χ0n) is 11.2. The highest BCUT2D eigenvalue weighted by Crippen LogP contribution is 2.29. The third kappa shape index (κ3) is 3.71. The van der Waals surface area contributed by atoms with Gasteiger partial charge in [0.25, 0.3) is 0 Å². The van der Waals surface area contributed by atoms with Gasteiger partial charge in [-0.1, -0.05) is 6.07 Å². The van der Waals surface area contributed by atoms with Crippen LogP contribution in [0.25, 0.3) is 0 Å². The van der Waals surface area contributed by atoms with Crippen LogP contribution in [-0.4, -0.2) is 45.3 Å². The number of nitrogens with one attached hydrogen (secondary N) is 1. The molecular formula is C13H18N2O4S. The second-order valence-corrected chi connectivity index (χ2v) is 6.21. The number of carbonyl (C=O) groups excluding carboxylic acids is 1. The fourth-order valence-corrected chi connectivity index (χ4v) is 2.45. The maximum absolute atomic E-state index is 12.1. The molecule has 1 aromatic heterocycles. The molecule has 6 nitrogen and oxygen atoms in total. The summed E-state index contributed by atoms with van der Waals surface area (Å²) in [6.07, 6.45) is 1.93. The van der Waals surface area contributed by atoms with Gasteiger partial charge in [-0.25, -0.2) is 9.59 Å². The van der Waals surface area contributed by atoms with Gasteiger partial charge in [-0.2, -0.15) is 0 Å². The monoisotopic (exact) mass is 298 g/mol. The van der Waals surface area contributed by atoms with Crippen molar-refractivity contribution >= 4 is 23.3 Å². The number of carboxylic acid groups (broad SMARTS) is 1. The number of urea groups is 1. The maximum atomic E-state index is 12.1. The van der Waals surface area contributed by atoms with E-state index in [1.54, 1.807) is 16.2 Å². The quantitative estimate of drug-likeness (QED) is 0.737. The Morgan fingerprint density at radius 3 is 2.75 bits per heavy atom. The van der Waals surface area contributed by atoms with Gasteiger partial charge in [-0.3, -0.25) is 0 Å². The lowest BCUT2D eigenvalue weighted by atomic mass is 10.1. The molecule has 20 heavy (non-hydrogen) atoms. The van der Waals surface area contributed by atoms with Crippen molar-refractivity contribution in [3.05, 3.63) is 22.4 Å². The van der Waals surface area contributed by atoms with Crippen LogP contribution in [0, 0.1) is 0 Å². The molecule has 1 atom stereocenters. The lowest BCUT2D eigenvalue weighted by molar-refractivity contribution is -0.155. The predicted octanol–water partition coefficient (Wildman–Crippen LogP) is 1.26. The molecule has 1 fully saturated rings. The normalized spacial score (nSPS) is 17.3. The smallest absolute Gasteiger partial charge is 0.337 e. The number of amides is 2. The third-order valence-corrected chi connectivity index (χ3v) is 4.06. The molecule has 0 aromatic carbocycles. The zero-order valence-corrected chi connectivity index (χ0v) is 12.0. The van der Waals surface area contributed by atoms with E-state index in [1.807, 2.05) is 17.5 Å². The molecule has 0 saturated heterocycles. The number of aliphatic carboxylic acids is 1. The molecule has 1 unspecified atom stereocenters. The van der Waals surface area contributed by atoms with Crippen LogP contribution in [0.3, 0.4) is 0 Å². The molecule has 7 heteroatoms. The van der Waals surface area contributed by atoms with Crippen molar-refractivity contribution in [1.29, 1.82) is 0 Å². The summed E-state index contributed by atoms with van der Waals surface area (Å²) in [6, 6.07) is 3.77. The fraction of sp³-hybridized carbons (Fsp3) is 0.538. The molecule has 1 saturated carbocycles. The van der Waals surface area contributed by atoms with E-state index in [1.165, 1.54) is 0 Å². The Morgan fingerprint density at radius 1 is 1.55 bits per heavy atom. The van der Waals surface area contributed by atoms with Crippen LogP contribution in [0.15, 0.2) is 17.5 Å². The molecule has 1 aliphatic rings. The van der Waals surface area contributed by atoms with Crippen LogP contribution in [0.4, 0.5) is 4.79 Å². The highest BCUT2D eigenvalue weighted by molar-refractivity contribution is 7.09. The van der Waals surface area contributed by atoms with Gasteiger partial charge < -0.3 is 20.4 Å². The Kier molecular flexibility index (Phi) is 4.29. The van der Waals surface area contributed by atoms with Gasteiger partial charge in [0.15, 0.2) is 5.60 Å². The number of carbonyl (C=O) groups is 2. The molecule has 1 heterocycles. The largest absolute Gasteiger partial charge is 0.479 e. The summed E-state index contributed by atoms with van der Waals surface area (Å²) in [5.41, 5.74) is -1.95. The van der Waals surface area contributed by atoms with Crippen molar-refractivity contribution in [3.8, 4) is 0 Å². The van der Waals surface area contributed by atoms with Crippen LogP contribution >= 0.6 is 11.3 Å². The second kappa shape index (κ2) is 5.80. The Hall–Kier alpha value is -1.60. The first-order valence-corrected chi connectivity index (χ1v) is 7.31. The molecule has 0 aliphatic heterocycles. The zero-order chi connectivity index (χ0) is 14.8. The van der Waals surface area contributed by atoms with E-state index in [4.69, 9.17) is 5.11 Å². The molecule has 0 bridgehead atoms. The van der Waals surface area contributed by atoms with Crippen molar-refractivity contribution in [1.82, 2.24) is 10.2 Å². The predicted molar refractivity (Wildman–Crippen MR) is 74.5 cm³/mol. The topological polar surface area (TPSA) is 89.9 Å². The van der Waals surface area contributed by atoms with Gasteiger partial charge in [0.1, 0.15) is 0 Å². The Labute approximate surface area is 121 Å². The van der Waals surface area contributed by atoms with E-state index in [9.17, 15) is 14.7 Å². The summed E-state index contributed by atoms with van der Waals surface area (Å²) < 4.78 is 0. The number of nitrogens with zero attached hydrogens (tertiary/aromatic N) is 1. The minimum Gasteiger partial charge on any atom is -0.479 e. The van der Waals surface area contributed by atoms with Crippen LogP contribution in [0.5, 0.6) is 0 Å². The van der Waals surface area contributed by atoms with Gasteiger partial charge >= 0.3 is 12.0 Å². The van der Waals surface area contributed by atoms with Crippen LogP contribution in [0.1, 0.15) is 24.6 Å². The number of thiophene rings is 1. The third-order valence-electron chi connectivity index (χ3n) is 3.20. The van der Waals surface area contributed by atoms with Gasteiger partial charge in [0.05, 0.1) is 13.1 Å². The average molecular weight is 298 g/mol. The van der Waals surface area contributed by atoms with E-state index < -0.39 is 11.6 Å². The van der Waals surface area contributed by atoms with E-state index in [0.29, 0.717) is 6.54 Å². The van der Waals surface area contributed by atoms with Gasteiger partial charge in [-0.15, -0.1) is 11.3 Å². The first-order valence-electron chi connectivity index (χ1n) is 6.43. The SMILES string of the molecule is CC(O)(CNC(=O)N(Cc1cccs1)C1CC1)C(=O)O. The fourth-order valence-electron chi connectivity index (χ4n) is 1.75. The molecule has 0 radical (unpaired) electrons. The molecule has 1 aliphatic carbocycles. The standard InChI is InChI=1S/C13H18N2O4S/c1-13(19,11(16)17)8-14-12(18)15(9-4-5-9)7-10-3-2-6-20-10/h2-3,6,9,19H,4-5,7-8H2,1H3,(H,14,18)(H,16,17). The number of aliphatic hydroxyl groups is 1. The van der Waals surface area contributed by atoms with E-state index in [-0.39, 0.29) is 18.6 Å². The molecule has 3 N–H and O–H groups in total. The summed E-state index contributed by atoms with van der Waals surface area (Å²) in [5.74, 6) is -1.35. The second-order valence-electron chi connectivity index (χ2n) is 5.18. The highest BCUT2D eigenvalue weighted by Gasteiger charge is 2.35. The van der Waals surface area contributed by atoms with E-state index in [2.05, 4.69) is 5.32 Å². The molecule has 0 spiro atoms. The van der Waals surface area contributed by atoms with Crippen molar-refractivity contribution in [2.24, 2.45) is 0 Å². The maximum Gasteiger partial charge on any atom is 0.337 e. The van der Waals surface area contributed by atoms with E-state index >= 15 is 0 Å². The van der Waals surface area contributed by atoms with Crippen LogP contribution in [0.2, 0.25) is 0 Å². The molecular weight excluding hydrogens is 280 g/mol. The summed E-state index contributed by atoms with van der Waals surface area (Å²) in [5, 5.41) is 22.9. The van der Waals surface area contributed by atoms with Crippen molar-refractivity contribution < 1.29 is 19.8 Å². The van der Waals surface area contributed by atoms with Crippen LogP contribution < -0.4 is 5.32 Å². The number of hydrogen-bond acceptors (Lipinski definition) is 4. The minimum atomic E-state index is -1.95. The molecule has 110 valence electrons. The van der Waals surface area contributed by atoms with Crippen molar-refractivity contribution in [3.63, 3.8) is 0 Å². The Bertz CT molecular complexity index is 483. The lowest BCUT2D eigenvalue weighted by Crippen LogP contribution is -2.50. The molecule has 2 amide bonds. The van der Waals surface area contributed by atoms with Gasteiger partial charge in [-0.05, 0) is 31.2 Å². The average Bonchev–Trinajstić information content (AvgIpc) is 3.10. The summed E-state index contributed by atoms with van der Waals surface area (Å²) in [4.78, 5) is 25.7. The summed E-state index contributed by atoms with van der Waals surface area (Å²) in [7, 11) is 0. The Morgan fingerprint density at radius 2 is 2.25 bits per heavy atom. The Balaban J connectivity index is 1.92. The summed E-state index contributed by atoms with van der Waals surface area (Å²) in [6.45, 7) is 1.37. The van der Waals surface area contributed by atoms with Gasteiger partial charge in [0, 0.05) is 10.9 Å². The van der Waals surface area contributed by atoms with Gasteiger partial charge in [0.2, 0.25) is 0 Å².